The van der Waals surface area contributed by atoms with Crippen LogP contribution in [0.2, 0.25) is 0 Å². The van der Waals surface area contributed by atoms with Gasteiger partial charge in [0.2, 0.25) is 0 Å². The van der Waals surface area contributed by atoms with Crippen molar-refractivity contribution in [2.45, 2.75) is 12.8 Å². The summed E-state index contributed by atoms with van der Waals surface area (Å²) in [6.07, 6.45) is 3.01. The second-order valence-electron chi connectivity index (χ2n) is 5.84. The maximum Gasteiger partial charge on any atom is 0.270 e. The SMILES string of the molecule is O=C(c1cnc(-c2ccccc2F)s1)N1CCCc2cc(F)ccc21. The lowest BCUT2D eigenvalue weighted by atomic mass is 10.0. The van der Waals surface area contributed by atoms with Crippen LogP contribution in [-0.4, -0.2) is 17.4 Å². The minimum atomic E-state index is -0.366. The maximum absolute atomic E-state index is 13.9. The first kappa shape index (κ1) is 15.9. The number of carbonyl (C=O) groups is 1. The van der Waals surface area contributed by atoms with E-state index in [-0.39, 0.29) is 17.5 Å². The van der Waals surface area contributed by atoms with Crippen LogP contribution in [0.25, 0.3) is 10.6 Å². The number of anilines is 1. The first-order chi connectivity index (χ1) is 12.1. The molecule has 0 saturated heterocycles. The summed E-state index contributed by atoms with van der Waals surface area (Å²) >= 11 is 1.16. The van der Waals surface area contributed by atoms with Crippen LogP contribution in [0.5, 0.6) is 0 Å². The predicted molar refractivity (Wildman–Crippen MR) is 93.9 cm³/mol. The number of nitrogens with zero attached hydrogens (tertiary/aromatic N) is 2. The number of amides is 1. The smallest absolute Gasteiger partial charge is 0.270 e. The third-order valence-electron chi connectivity index (χ3n) is 4.23. The molecule has 1 aliphatic heterocycles. The standard InChI is InChI=1S/C19H14F2N2OS/c20-13-7-8-16-12(10-13)4-3-9-23(16)19(24)17-11-22-18(25-17)14-5-1-2-6-15(14)21/h1-2,5-8,10-11H,3-4,9H2. The highest BCUT2D eigenvalue weighted by atomic mass is 32.1. The zero-order valence-corrected chi connectivity index (χ0v) is 14.0. The lowest BCUT2D eigenvalue weighted by Crippen LogP contribution is -2.35. The topological polar surface area (TPSA) is 33.2 Å². The van der Waals surface area contributed by atoms with E-state index in [1.807, 2.05) is 0 Å². The summed E-state index contributed by atoms with van der Waals surface area (Å²) in [5, 5.41) is 0.470. The lowest BCUT2D eigenvalue weighted by Gasteiger charge is -2.29. The number of thiazole rings is 1. The molecule has 1 amide bonds. The molecule has 0 fully saturated rings. The van der Waals surface area contributed by atoms with Crippen molar-refractivity contribution in [3.05, 3.63) is 70.7 Å². The maximum atomic E-state index is 13.9. The van der Waals surface area contributed by atoms with Crippen molar-refractivity contribution in [3.8, 4) is 10.6 Å². The lowest BCUT2D eigenvalue weighted by molar-refractivity contribution is 0.0988. The monoisotopic (exact) mass is 356 g/mol. The van der Waals surface area contributed by atoms with Crippen molar-refractivity contribution < 1.29 is 13.6 Å². The number of hydrogen-bond donors (Lipinski definition) is 0. The van der Waals surface area contributed by atoms with E-state index in [0.717, 1.165) is 35.4 Å². The number of benzene rings is 2. The first-order valence-corrected chi connectivity index (χ1v) is 8.76. The molecule has 0 radical (unpaired) electrons. The summed E-state index contributed by atoms with van der Waals surface area (Å²) in [4.78, 5) is 19.2. The zero-order valence-electron chi connectivity index (χ0n) is 13.2. The Morgan fingerprint density at radius 3 is 2.84 bits per heavy atom. The summed E-state index contributed by atoms with van der Waals surface area (Å²) in [6, 6.07) is 10.8. The molecular formula is C19H14F2N2OS. The summed E-state index contributed by atoms with van der Waals surface area (Å²) in [6.45, 7) is 0.574. The molecule has 0 bridgehead atoms. The molecular weight excluding hydrogens is 342 g/mol. The van der Waals surface area contributed by atoms with E-state index in [1.54, 1.807) is 29.2 Å². The number of fused-ring (bicyclic) bond motifs is 1. The fraction of sp³-hybridized carbons (Fsp3) is 0.158. The van der Waals surface area contributed by atoms with Crippen molar-refractivity contribution >= 4 is 22.9 Å². The molecule has 2 heterocycles. The number of aromatic nitrogens is 1. The Hall–Kier alpha value is -2.60. The zero-order chi connectivity index (χ0) is 17.4. The van der Waals surface area contributed by atoms with Crippen molar-refractivity contribution in [1.29, 1.82) is 0 Å². The number of rotatable bonds is 2. The Bertz CT molecular complexity index is 954. The van der Waals surface area contributed by atoms with Gasteiger partial charge < -0.3 is 4.90 Å². The normalized spacial score (nSPS) is 13.6. The Labute approximate surface area is 147 Å². The van der Waals surface area contributed by atoms with Crippen LogP contribution in [0.15, 0.2) is 48.7 Å². The Kier molecular flexibility index (Phi) is 4.05. The molecule has 0 atom stereocenters. The molecule has 0 spiro atoms. The highest BCUT2D eigenvalue weighted by Crippen LogP contribution is 2.32. The predicted octanol–water partition coefficient (Wildman–Crippen LogP) is 4.68. The highest BCUT2D eigenvalue weighted by molar-refractivity contribution is 7.17. The van der Waals surface area contributed by atoms with Crippen molar-refractivity contribution in [1.82, 2.24) is 4.98 Å². The summed E-state index contributed by atoms with van der Waals surface area (Å²) < 4.78 is 27.3. The van der Waals surface area contributed by atoms with E-state index in [9.17, 15) is 13.6 Å². The molecule has 0 unspecified atom stereocenters. The van der Waals surface area contributed by atoms with Gasteiger partial charge in [-0.25, -0.2) is 13.8 Å². The van der Waals surface area contributed by atoms with Crippen molar-refractivity contribution in [2.75, 3.05) is 11.4 Å². The fourth-order valence-corrected chi connectivity index (χ4v) is 3.93. The van der Waals surface area contributed by atoms with Gasteiger partial charge in [0, 0.05) is 17.8 Å². The van der Waals surface area contributed by atoms with Gasteiger partial charge in [-0.3, -0.25) is 4.79 Å². The first-order valence-electron chi connectivity index (χ1n) is 7.94. The van der Waals surface area contributed by atoms with Gasteiger partial charge in [-0.15, -0.1) is 11.3 Å². The van der Waals surface area contributed by atoms with Gasteiger partial charge in [-0.1, -0.05) is 12.1 Å². The number of halogens is 2. The molecule has 1 aliphatic rings. The van der Waals surface area contributed by atoms with Crippen LogP contribution in [0.3, 0.4) is 0 Å². The van der Waals surface area contributed by atoms with E-state index >= 15 is 0 Å². The highest BCUT2D eigenvalue weighted by Gasteiger charge is 2.25. The minimum Gasteiger partial charge on any atom is -0.307 e. The fourth-order valence-electron chi connectivity index (χ4n) is 3.04. The molecule has 4 rings (SSSR count). The number of hydrogen-bond acceptors (Lipinski definition) is 3. The average molecular weight is 356 g/mol. The Morgan fingerprint density at radius 1 is 1.16 bits per heavy atom. The molecule has 0 saturated carbocycles. The van der Waals surface area contributed by atoms with Crippen LogP contribution in [0, 0.1) is 11.6 Å². The number of aryl methyl sites for hydroxylation is 1. The summed E-state index contributed by atoms with van der Waals surface area (Å²) in [7, 11) is 0. The molecule has 25 heavy (non-hydrogen) atoms. The molecule has 0 N–H and O–H groups in total. The van der Waals surface area contributed by atoms with Gasteiger partial charge in [0.15, 0.2) is 0 Å². The quantitative estimate of drug-likeness (QED) is 0.668. The largest absolute Gasteiger partial charge is 0.307 e. The second kappa shape index (κ2) is 6.37. The van der Waals surface area contributed by atoms with Gasteiger partial charge in [-0.05, 0) is 48.7 Å². The van der Waals surface area contributed by atoms with Crippen LogP contribution in [0.1, 0.15) is 21.7 Å². The van der Waals surface area contributed by atoms with Crippen molar-refractivity contribution in [3.63, 3.8) is 0 Å². The van der Waals surface area contributed by atoms with E-state index in [1.165, 1.54) is 24.4 Å². The van der Waals surface area contributed by atoms with Gasteiger partial charge in [0.1, 0.15) is 21.5 Å². The van der Waals surface area contributed by atoms with E-state index in [2.05, 4.69) is 4.98 Å². The average Bonchev–Trinajstić information content (AvgIpc) is 3.10. The number of carbonyl (C=O) groups excluding carboxylic acids is 1. The van der Waals surface area contributed by atoms with Gasteiger partial charge >= 0.3 is 0 Å². The Balaban J connectivity index is 1.66. The van der Waals surface area contributed by atoms with Gasteiger partial charge in [0.05, 0.1) is 6.20 Å². The molecule has 6 heteroatoms. The molecule has 0 aliphatic carbocycles. The molecule has 3 nitrogen and oxygen atoms in total. The third-order valence-corrected chi connectivity index (χ3v) is 5.24. The van der Waals surface area contributed by atoms with Gasteiger partial charge in [0.25, 0.3) is 5.91 Å². The van der Waals surface area contributed by atoms with Crippen LogP contribution in [-0.2, 0) is 6.42 Å². The molecule has 1 aromatic heterocycles. The van der Waals surface area contributed by atoms with Gasteiger partial charge in [-0.2, -0.15) is 0 Å². The van der Waals surface area contributed by atoms with E-state index < -0.39 is 0 Å². The molecule has 126 valence electrons. The Morgan fingerprint density at radius 2 is 2.00 bits per heavy atom. The van der Waals surface area contributed by atoms with Crippen LogP contribution >= 0.6 is 11.3 Å². The van der Waals surface area contributed by atoms with E-state index in [4.69, 9.17) is 0 Å². The third kappa shape index (κ3) is 2.93. The van der Waals surface area contributed by atoms with Crippen LogP contribution < -0.4 is 4.90 Å². The molecule has 3 aromatic rings. The van der Waals surface area contributed by atoms with E-state index in [0.29, 0.717) is 22.0 Å². The van der Waals surface area contributed by atoms with Crippen molar-refractivity contribution in [2.24, 2.45) is 0 Å². The molecule has 2 aromatic carbocycles. The second-order valence-corrected chi connectivity index (χ2v) is 6.87. The summed E-state index contributed by atoms with van der Waals surface area (Å²) in [5.41, 5.74) is 1.95. The van der Waals surface area contributed by atoms with Crippen LogP contribution in [0.4, 0.5) is 14.5 Å². The summed E-state index contributed by atoms with van der Waals surface area (Å²) in [5.74, 6) is -0.852. The minimum absolute atomic E-state index is 0.187.